The molecule has 4 aromatic rings. The van der Waals surface area contributed by atoms with E-state index in [2.05, 4.69) is 23.2 Å². The molecule has 1 fully saturated rings. The van der Waals surface area contributed by atoms with Crippen molar-refractivity contribution >= 4 is 11.8 Å². The van der Waals surface area contributed by atoms with Crippen molar-refractivity contribution < 1.29 is 14.3 Å². The van der Waals surface area contributed by atoms with E-state index in [4.69, 9.17) is 4.74 Å². The average molecular weight is 518 g/mol. The van der Waals surface area contributed by atoms with Gasteiger partial charge in [-0.05, 0) is 78.4 Å². The Morgan fingerprint density at radius 1 is 0.821 bits per heavy atom. The number of para-hydroxylation sites is 1. The number of likely N-dealkylation sites (tertiary alicyclic amines) is 1. The van der Waals surface area contributed by atoms with Crippen molar-refractivity contribution in [3.63, 3.8) is 0 Å². The number of pyridine rings is 1. The van der Waals surface area contributed by atoms with Crippen LogP contribution in [0.15, 0.2) is 103 Å². The first-order valence-corrected chi connectivity index (χ1v) is 13.5. The summed E-state index contributed by atoms with van der Waals surface area (Å²) in [6.45, 7) is 2.22. The van der Waals surface area contributed by atoms with Crippen LogP contribution in [0.1, 0.15) is 39.9 Å². The molecule has 0 saturated carbocycles. The first-order valence-electron chi connectivity index (χ1n) is 13.5. The van der Waals surface area contributed by atoms with Crippen molar-refractivity contribution in [3.8, 4) is 11.5 Å². The highest BCUT2D eigenvalue weighted by molar-refractivity contribution is 5.94. The molecule has 0 unspecified atom stereocenters. The molecule has 1 aromatic heterocycles. The standard InChI is InChI=1S/C33H31N3O3/c37-31(26-12-14-30(15-13-26)39-29-10-2-1-3-11-29)35-19-16-33(17-20-35)21-27-8-4-5-9-28(27)24-36(32(33)38)23-25-7-6-18-34-22-25/h1-15,18,22H,16-17,19-21,23-24H2. The highest BCUT2D eigenvalue weighted by atomic mass is 16.5. The SMILES string of the molecule is O=C(c1ccc(Oc2ccccc2)cc1)N1CCC2(CC1)Cc1ccccc1CN(Cc1cccnc1)C2=O. The highest BCUT2D eigenvalue weighted by Crippen LogP contribution is 2.41. The van der Waals surface area contributed by atoms with E-state index in [1.807, 2.05) is 88.8 Å². The fourth-order valence-electron chi connectivity index (χ4n) is 5.78. The molecule has 2 aliphatic rings. The number of nitrogens with zero attached hydrogens (tertiary/aromatic N) is 3. The molecule has 1 spiro atoms. The van der Waals surface area contributed by atoms with E-state index in [1.165, 1.54) is 11.1 Å². The number of carbonyl (C=O) groups is 2. The Balaban J connectivity index is 1.17. The number of ether oxygens (including phenoxy) is 1. The lowest BCUT2D eigenvalue weighted by molar-refractivity contribution is -0.145. The molecule has 0 bridgehead atoms. The van der Waals surface area contributed by atoms with Crippen molar-refractivity contribution in [2.24, 2.45) is 5.41 Å². The Morgan fingerprint density at radius 2 is 1.51 bits per heavy atom. The van der Waals surface area contributed by atoms with Gasteiger partial charge in [-0.15, -0.1) is 0 Å². The second-order valence-corrected chi connectivity index (χ2v) is 10.5. The fourth-order valence-corrected chi connectivity index (χ4v) is 5.78. The summed E-state index contributed by atoms with van der Waals surface area (Å²) >= 11 is 0. The zero-order chi connectivity index (χ0) is 26.7. The smallest absolute Gasteiger partial charge is 0.253 e. The molecule has 1 saturated heterocycles. The molecule has 3 aromatic carbocycles. The average Bonchev–Trinajstić information content (AvgIpc) is 3.09. The Kier molecular flexibility index (Phi) is 6.84. The molecule has 0 aliphatic carbocycles. The largest absolute Gasteiger partial charge is 0.457 e. The lowest BCUT2D eigenvalue weighted by Gasteiger charge is -2.42. The third-order valence-electron chi connectivity index (χ3n) is 7.93. The molecular formula is C33H31N3O3. The topological polar surface area (TPSA) is 62.7 Å². The van der Waals surface area contributed by atoms with Gasteiger partial charge >= 0.3 is 0 Å². The number of fused-ring (bicyclic) bond motifs is 1. The predicted molar refractivity (Wildman–Crippen MR) is 149 cm³/mol. The van der Waals surface area contributed by atoms with Crippen LogP contribution >= 0.6 is 0 Å². The van der Waals surface area contributed by atoms with Crippen LogP contribution in [0, 0.1) is 5.41 Å². The first kappa shape index (κ1) is 24.9. The maximum atomic E-state index is 14.1. The molecule has 196 valence electrons. The second-order valence-electron chi connectivity index (χ2n) is 10.5. The fraction of sp³-hybridized carbons (Fsp3) is 0.242. The summed E-state index contributed by atoms with van der Waals surface area (Å²) in [6, 6.07) is 29.2. The number of hydrogen-bond donors (Lipinski definition) is 0. The van der Waals surface area contributed by atoms with Crippen molar-refractivity contribution in [2.75, 3.05) is 13.1 Å². The summed E-state index contributed by atoms with van der Waals surface area (Å²) in [4.78, 5) is 35.6. The van der Waals surface area contributed by atoms with Gasteiger partial charge in [-0.2, -0.15) is 0 Å². The van der Waals surface area contributed by atoms with Gasteiger partial charge in [0.05, 0.1) is 5.41 Å². The minimum absolute atomic E-state index is 0.00945. The van der Waals surface area contributed by atoms with Gasteiger partial charge in [0.1, 0.15) is 11.5 Å². The minimum atomic E-state index is -0.515. The molecule has 6 nitrogen and oxygen atoms in total. The molecule has 0 atom stereocenters. The van der Waals surface area contributed by atoms with E-state index >= 15 is 0 Å². The number of hydrogen-bond acceptors (Lipinski definition) is 4. The summed E-state index contributed by atoms with van der Waals surface area (Å²) in [5.41, 5.74) is 3.56. The van der Waals surface area contributed by atoms with Crippen molar-refractivity contribution in [1.29, 1.82) is 0 Å². The van der Waals surface area contributed by atoms with E-state index in [0.29, 0.717) is 56.8 Å². The molecule has 6 rings (SSSR count). The number of amides is 2. The predicted octanol–water partition coefficient (Wildman–Crippen LogP) is 5.88. The third-order valence-corrected chi connectivity index (χ3v) is 7.93. The zero-order valence-electron chi connectivity index (χ0n) is 21.8. The van der Waals surface area contributed by atoms with Gasteiger partial charge in [0.15, 0.2) is 0 Å². The number of rotatable bonds is 5. The van der Waals surface area contributed by atoms with Gasteiger partial charge < -0.3 is 14.5 Å². The van der Waals surface area contributed by atoms with Gasteiger partial charge in [-0.3, -0.25) is 14.6 Å². The van der Waals surface area contributed by atoms with Gasteiger partial charge in [0.25, 0.3) is 5.91 Å². The summed E-state index contributed by atoms with van der Waals surface area (Å²) < 4.78 is 5.87. The monoisotopic (exact) mass is 517 g/mol. The Morgan fingerprint density at radius 3 is 2.23 bits per heavy atom. The van der Waals surface area contributed by atoms with Crippen molar-refractivity contribution in [1.82, 2.24) is 14.8 Å². The Bertz CT molecular complexity index is 1450. The van der Waals surface area contributed by atoms with Crippen LogP contribution in [-0.4, -0.2) is 39.7 Å². The Labute approximate surface area is 228 Å². The zero-order valence-corrected chi connectivity index (χ0v) is 21.8. The minimum Gasteiger partial charge on any atom is -0.457 e. The van der Waals surface area contributed by atoms with Crippen LogP contribution in [0.4, 0.5) is 0 Å². The van der Waals surface area contributed by atoms with Crippen LogP contribution in [-0.2, 0) is 24.3 Å². The molecule has 3 heterocycles. The lowest BCUT2D eigenvalue weighted by Crippen LogP contribution is -2.51. The van der Waals surface area contributed by atoms with E-state index < -0.39 is 5.41 Å². The number of piperidine rings is 1. The summed E-state index contributed by atoms with van der Waals surface area (Å²) in [6.07, 6.45) is 5.57. The summed E-state index contributed by atoms with van der Waals surface area (Å²) in [5, 5.41) is 0. The maximum absolute atomic E-state index is 14.1. The lowest BCUT2D eigenvalue weighted by atomic mass is 9.72. The second kappa shape index (κ2) is 10.7. The van der Waals surface area contributed by atoms with Crippen LogP contribution < -0.4 is 4.74 Å². The summed E-state index contributed by atoms with van der Waals surface area (Å²) in [7, 11) is 0. The number of aromatic nitrogens is 1. The van der Waals surface area contributed by atoms with E-state index in [0.717, 1.165) is 11.3 Å². The van der Waals surface area contributed by atoms with Crippen LogP contribution in [0.5, 0.6) is 11.5 Å². The molecule has 2 amide bonds. The third kappa shape index (κ3) is 5.28. The molecular weight excluding hydrogens is 486 g/mol. The van der Waals surface area contributed by atoms with Crippen molar-refractivity contribution in [2.45, 2.75) is 32.4 Å². The molecule has 39 heavy (non-hydrogen) atoms. The van der Waals surface area contributed by atoms with Gasteiger partial charge in [-0.25, -0.2) is 0 Å². The maximum Gasteiger partial charge on any atom is 0.253 e. The number of benzene rings is 3. The van der Waals surface area contributed by atoms with Gasteiger partial charge in [-0.1, -0.05) is 48.5 Å². The first-order chi connectivity index (χ1) is 19.1. The van der Waals surface area contributed by atoms with Gasteiger partial charge in [0, 0.05) is 44.1 Å². The van der Waals surface area contributed by atoms with Crippen LogP contribution in [0.2, 0.25) is 0 Å². The quantitative estimate of drug-likeness (QED) is 0.332. The highest BCUT2D eigenvalue weighted by Gasteiger charge is 2.46. The van der Waals surface area contributed by atoms with E-state index in [1.54, 1.807) is 6.20 Å². The molecule has 2 aliphatic heterocycles. The Hall–Kier alpha value is -4.45. The molecule has 6 heteroatoms. The molecule has 0 radical (unpaired) electrons. The summed E-state index contributed by atoms with van der Waals surface area (Å²) in [5.74, 6) is 1.61. The van der Waals surface area contributed by atoms with Crippen LogP contribution in [0.25, 0.3) is 0 Å². The van der Waals surface area contributed by atoms with E-state index in [9.17, 15) is 9.59 Å². The normalized spacial score (nSPS) is 16.5. The van der Waals surface area contributed by atoms with Crippen molar-refractivity contribution in [3.05, 3.63) is 126 Å². The van der Waals surface area contributed by atoms with Gasteiger partial charge in [0.2, 0.25) is 5.91 Å². The number of carbonyl (C=O) groups excluding carboxylic acids is 2. The van der Waals surface area contributed by atoms with Crippen LogP contribution in [0.3, 0.4) is 0 Å². The molecule has 0 N–H and O–H groups in total. The van der Waals surface area contributed by atoms with E-state index in [-0.39, 0.29) is 11.8 Å².